The average molecular weight is 249 g/mol. The summed E-state index contributed by atoms with van der Waals surface area (Å²) in [6, 6.07) is 5.31. The van der Waals surface area contributed by atoms with Crippen LogP contribution in [0.2, 0.25) is 0 Å². The molecule has 0 heterocycles. The molecule has 4 nitrogen and oxygen atoms in total. The Morgan fingerprint density at radius 2 is 2.00 bits per heavy atom. The lowest BCUT2D eigenvalue weighted by Gasteiger charge is -2.27. The highest BCUT2D eigenvalue weighted by molar-refractivity contribution is 6.00. The molecule has 1 amide bonds. The molecule has 100 valence electrons. The van der Waals surface area contributed by atoms with Crippen molar-refractivity contribution in [2.45, 2.75) is 39.7 Å². The molecule has 4 N–H and O–H groups in total. The molecule has 0 radical (unpaired) electrons. The molecule has 0 aliphatic heterocycles. The fourth-order valence-electron chi connectivity index (χ4n) is 1.57. The molecule has 1 aromatic carbocycles. The largest absolute Gasteiger partial charge is 0.399 e. The van der Waals surface area contributed by atoms with Gasteiger partial charge in [0.2, 0.25) is 0 Å². The number of benzene rings is 1. The van der Waals surface area contributed by atoms with Crippen LogP contribution in [0, 0.1) is 0 Å². The van der Waals surface area contributed by atoms with E-state index in [2.05, 4.69) is 31.4 Å². The summed E-state index contributed by atoms with van der Waals surface area (Å²) >= 11 is 0. The molecule has 18 heavy (non-hydrogen) atoms. The number of nitrogens with two attached hydrogens (primary N) is 1. The lowest BCUT2D eigenvalue weighted by Crippen LogP contribution is -2.32. The molecule has 0 saturated carbocycles. The maximum atomic E-state index is 12.0. The highest BCUT2D eigenvalue weighted by atomic mass is 16.1. The summed E-state index contributed by atoms with van der Waals surface area (Å²) in [4.78, 5) is 12.0. The third kappa shape index (κ3) is 3.65. The van der Waals surface area contributed by atoms with Gasteiger partial charge in [0.25, 0.3) is 5.91 Å². The molecule has 0 bridgehead atoms. The molecule has 0 spiro atoms. The SMILES string of the molecule is CCNC(=O)c1ccc(N)cc1NC(C)(C)CC. The molecular weight excluding hydrogens is 226 g/mol. The van der Waals surface area contributed by atoms with Crippen LogP contribution in [0.15, 0.2) is 18.2 Å². The van der Waals surface area contributed by atoms with Gasteiger partial charge in [0.15, 0.2) is 0 Å². The van der Waals surface area contributed by atoms with Crippen molar-refractivity contribution in [2.75, 3.05) is 17.6 Å². The number of carbonyl (C=O) groups is 1. The van der Waals surface area contributed by atoms with Crippen LogP contribution in [-0.2, 0) is 0 Å². The average Bonchev–Trinajstić information content (AvgIpc) is 2.29. The Morgan fingerprint density at radius 1 is 1.33 bits per heavy atom. The Morgan fingerprint density at radius 3 is 2.56 bits per heavy atom. The minimum Gasteiger partial charge on any atom is -0.399 e. The van der Waals surface area contributed by atoms with Crippen molar-refractivity contribution in [1.82, 2.24) is 5.32 Å². The van der Waals surface area contributed by atoms with Crippen molar-refractivity contribution in [1.29, 1.82) is 0 Å². The number of nitrogen functional groups attached to an aromatic ring is 1. The highest BCUT2D eigenvalue weighted by Gasteiger charge is 2.18. The molecule has 0 aliphatic rings. The summed E-state index contributed by atoms with van der Waals surface area (Å²) in [7, 11) is 0. The normalized spacial score (nSPS) is 11.1. The van der Waals surface area contributed by atoms with E-state index >= 15 is 0 Å². The monoisotopic (exact) mass is 249 g/mol. The Bertz CT molecular complexity index is 427. The van der Waals surface area contributed by atoms with Gasteiger partial charge in [0.05, 0.1) is 5.56 Å². The summed E-state index contributed by atoms with van der Waals surface area (Å²) in [6.45, 7) is 8.80. The first-order valence-corrected chi connectivity index (χ1v) is 6.35. The van der Waals surface area contributed by atoms with Crippen molar-refractivity contribution in [3.8, 4) is 0 Å². The molecule has 4 heteroatoms. The van der Waals surface area contributed by atoms with Gasteiger partial charge in [0, 0.05) is 23.5 Å². The molecule has 1 rings (SSSR count). The van der Waals surface area contributed by atoms with E-state index in [1.165, 1.54) is 0 Å². The highest BCUT2D eigenvalue weighted by Crippen LogP contribution is 2.24. The standard InChI is InChI=1S/C14H23N3O/c1-5-14(3,4)17-12-9-10(15)7-8-11(12)13(18)16-6-2/h7-9,17H,5-6,15H2,1-4H3,(H,16,18). The molecule has 0 aliphatic carbocycles. The fraction of sp³-hybridized carbons (Fsp3) is 0.500. The second kappa shape index (κ2) is 5.76. The molecule has 0 aromatic heterocycles. The molecule has 1 aromatic rings. The predicted molar refractivity (Wildman–Crippen MR) is 76.9 cm³/mol. The third-order valence-electron chi connectivity index (χ3n) is 2.98. The Hall–Kier alpha value is -1.71. The zero-order valence-electron chi connectivity index (χ0n) is 11.6. The summed E-state index contributed by atoms with van der Waals surface area (Å²) in [6.07, 6.45) is 0.955. The smallest absolute Gasteiger partial charge is 0.253 e. The van der Waals surface area contributed by atoms with Gasteiger partial charge in [-0.3, -0.25) is 4.79 Å². The quantitative estimate of drug-likeness (QED) is 0.703. The van der Waals surface area contributed by atoms with Gasteiger partial charge in [-0.05, 0) is 45.4 Å². The van der Waals surface area contributed by atoms with Crippen LogP contribution in [0.4, 0.5) is 11.4 Å². The van der Waals surface area contributed by atoms with Gasteiger partial charge in [-0.2, -0.15) is 0 Å². The number of rotatable bonds is 5. The van der Waals surface area contributed by atoms with Crippen LogP contribution in [-0.4, -0.2) is 18.0 Å². The molecule has 0 unspecified atom stereocenters. The lowest BCUT2D eigenvalue weighted by molar-refractivity contribution is 0.0956. The summed E-state index contributed by atoms with van der Waals surface area (Å²) < 4.78 is 0. The van der Waals surface area contributed by atoms with Gasteiger partial charge in [0.1, 0.15) is 0 Å². The van der Waals surface area contributed by atoms with E-state index in [0.717, 1.165) is 12.1 Å². The van der Waals surface area contributed by atoms with Crippen molar-refractivity contribution in [3.05, 3.63) is 23.8 Å². The molecule has 0 atom stereocenters. The Labute approximate surface area is 109 Å². The number of nitrogens with one attached hydrogen (secondary N) is 2. The number of amides is 1. The van der Waals surface area contributed by atoms with Crippen molar-refractivity contribution in [3.63, 3.8) is 0 Å². The summed E-state index contributed by atoms with van der Waals surface area (Å²) in [5.41, 5.74) is 7.78. The number of anilines is 2. The number of hydrogen-bond donors (Lipinski definition) is 3. The maximum absolute atomic E-state index is 12.0. The van der Waals surface area contributed by atoms with E-state index in [0.29, 0.717) is 17.8 Å². The molecular formula is C14H23N3O. The zero-order chi connectivity index (χ0) is 13.8. The van der Waals surface area contributed by atoms with Gasteiger partial charge >= 0.3 is 0 Å². The van der Waals surface area contributed by atoms with Crippen LogP contribution in [0.1, 0.15) is 44.5 Å². The molecule has 0 fully saturated rings. The second-order valence-electron chi connectivity index (χ2n) is 5.03. The molecule has 0 saturated heterocycles. The first-order chi connectivity index (χ1) is 8.39. The van der Waals surface area contributed by atoms with E-state index in [1.807, 2.05) is 13.0 Å². The van der Waals surface area contributed by atoms with Crippen LogP contribution in [0.3, 0.4) is 0 Å². The van der Waals surface area contributed by atoms with E-state index in [-0.39, 0.29) is 11.4 Å². The van der Waals surface area contributed by atoms with Crippen molar-refractivity contribution >= 4 is 17.3 Å². The van der Waals surface area contributed by atoms with Gasteiger partial charge in [-0.15, -0.1) is 0 Å². The van der Waals surface area contributed by atoms with Gasteiger partial charge in [-0.1, -0.05) is 6.92 Å². The number of carbonyl (C=O) groups excluding carboxylic acids is 1. The van der Waals surface area contributed by atoms with E-state index in [1.54, 1.807) is 12.1 Å². The number of hydrogen-bond acceptors (Lipinski definition) is 3. The first kappa shape index (κ1) is 14.4. The fourth-order valence-corrected chi connectivity index (χ4v) is 1.57. The maximum Gasteiger partial charge on any atom is 0.253 e. The second-order valence-corrected chi connectivity index (χ2v) is 5.03. The van der Waals surface area contributed by atoms with Gasteiger partial charge in [-0.25, -0.2) is 0 Å². The zero-order valence-corrected chi connectivity index (χ0v) is 11.6. The Balaban J connectivity index is 3.08. The van der Waals surface area contributed by atoms with Crippen LogP contribution < -0.4 is 16.4 Å². The van der Waals surface area contributed by atoms with Gasteiger partial charge < -0.3 is 16.4 Å². The predicted octanol–water partition coefficient (Wildman–Crippen LogP) is 2.62. The van der Waals surface area contributed by atoms with Crippen LogP contribution >= 0.6 is 0 Å². The topological polar surface area (TPSA) is 67.2 Å². The van der Waals surface area contributed by atoms with Crippen molar-refractivity contribution < 1.29 is 4.79 Å². The van der Waals surface area contributed by atoms with E-state index in [4.69, 9.17) is 5.73 Å². The Kier molecular flexibility index (Phi) is 4.59. The first-order valence-electron chi connectivity index (χ1n) is 6.35. The lowest BCUT2D eigenvalue weighted by atomic mass is 10.00. The van der Waals surface area contributed by atoms with Crippen LogP contribution in [0.25, 0.3) is 0 Å². The van der Waals surface area contributed by atoms with Crippen LogP contribution in [0.5, 0.6) is 0 Å². The van der Waals surface area contributed by atoms with E-state index < -0.39 is 0 Å². The summed E-state index contributed by atoms with van der Waals surface area (Å²) in [5, 5.41) is 6.18. The minimum atomic E-state index is -0.0769. The van der Waals surface area contributed by atoms with Crippen molar-refractivity contribution in [2.24, 2.45) is 0 Å². The van der Waals surface area contributed by atoms with E-state index in [9.17, 15) is 4.79 Å². The minimum absolute atomic E-state index is 0.0744. The summed E-state index contributed by atoms with van der Waals surface area (Å²) in [5.74, 6) is -0.0769. The third-order valence-corrected chi connectivity index (χ3v) is 2.98.